The van der Waals surface area contributed by atoms with Gasteiger partial charge in [0, 0.05) is 9.79 Å². The Bertz CT molecular complexity index is 949. The molecule has 0 bridgehead atoms. The van der Waals surface area contributed by atoms with Crippen molar-refractivity contribution in [1.82, 2.24) is 15.0 Å². The van der Waals surface area contributed by atoms with E-state index in [-0.39, 0.29) is 10.8 Å². The predicted octanol–water partition coefficient (Wildman–Crippen LogP) is 11.1. The number of anilines is 2. The lowest BCUT2D eigenvalue weighted by atomic mass is 9.80. The third kappa shape index (κ3) is 12.0. The van der Waals surface area contributed by atoms with Crippen LogP contribution in [0.15, 0.2) is 28.5 Å². The third-order valence-corrected chi connectivity index (χ3v) is 9.43. The van der Waals surface area contributed by atoms with E-state index in [4.69, 9.17) is 0 Å². The van der Waals surface area contributed by atoms with Crippen LogP contribution >= 0.6 is 23.5 Å². The predicted molar refractivity (Wildman–Crippen MR) is 175 cm³/mol. The second kappa shape index (κ2) is 17.5. The van der Waals surface area contributed by atoms with Crippen LogP contribution in [0.5, 0.6) is 0 Å². The van der Waals surface area contributed by atoms with E-state index in [1.807, 2.05) is 11.8 Å². The summed E-state index contributed by atoms with van der Waals surface area (Å²) >= 11 is 4.11. The molecule has 220 valence electrons. The van der Waals surface area contributed by atoms with E-state index >= 15 is 0 Å². The van der Waals surface area contributed by atoms with Crippen molar-refractivity contribution in [1.29, 1.82) is 0 Å². The summed E-state index contributed by atoms with van der Waals surface area (Å²) in [5.74, 6) is 2.93. The van der Waals surface area contributed by atoms with Gasteiger partial charge in [-0.2, -0.15) is 0 Å². The summed E-state index contributed by atoms with van der Waals surface area (Å²) < 4.78 is 0. The van der Waals surface area contributed by atoms with Crippen molar-refractivity contribution in [2.24, 2.45) is 0 Å². The molecule has 0 unspecified atom stereocenters. The summed E-state index contributed by atoms with van der Waals surface area (Å²) in [6, 6.07) is 2.40. The van der Waals surface area contributed by atoms with Gasteiger partial charge in [-0.05, 0) is 52.4 Å². The second-order valence-corrected chi connectivity index (χ2v) is 15.0. The molecule has 1 aromatic heterocycles. The number of benzene rings is 1. The number of thioether (sulfide) groups is 2. The van der Waals surface area contributed by atoms with Crippen LogP contribution in [-0.2, 0) is 10.8 Å². The molecule has 4 nitrogen and oxygen atoms in total. The topological polar surface area (TPSA) is 50.7 Å². The number of rotatable bonds is 18. The minimum Gasteiger partial charge on any atom is -0.323 e. The molecule has 2 rings (SSSR count). The first-order chi connectivity index (χ1) is 18.6. The molecule has 6 heteroatoms. The molecular formula is C33H56N4S2. The summed E-state index contributed by atoms with van der Waals surface area (Å²) in [5.41, 5.74) is 4.09. The molecule has 1 N–H and O–H groups in total. The van der Waals surface area contributed by atoms with Gasteiger partial charge in [0.2, 0.25) is 5.95 Å². The van der Waals surface area contributed by atoms with Crippen molar-refractivity contribution in [3.05, 3.63) is 29.8 Å². The summed E-state index contributed by atoms with van der Waals surface area (Å²) in [5, 5.41) is 3.60. The van der Waals surface area contributed by atoms with Crippen LogP contribution < -0.4 is 5.32 Å². The van der Waals surface area contributed by atoms with E-state index < -0.39 is 0 Å². The van der Waals surface area contributed by atoms with E-state index in [0.717, 1.165) is 11.4 Å². The number of hydrogen-bond donors (Lipinski definition) is 1. The number of unbranched alkanes of at least 4 members (excludes halogenated alkanes) is 10. The van der Waals surface area contributed by atoms with E-state index in [2.05, 4.69) is 93.5 Å². The molecule has 0 saturated heterocycles. The molecular weight excluding hydrogens is 517 g/mol. The van der Waals surface area contributed by atoms with E-state index in [1.165, 1.54) is 104 Å². The Morgan fingerprint density at radius 2 is 1.13 bits per heavy atom. The molecule has 0 aliphatic heterocycles. The SMILES string of the molecule is CCCCCCCCSc1c(Nc2ncncn2)cc(C(C)(C)C)c(SCCCCCCCC)c1C(C)(C)C. The van der Waals surface area contributed by atoms with Crippen LogP contribution in [0.4, 0.5) is 11.6 Å². The maximum atomic E-state index is 4.40. The van der Waals surface area contributed by atoms with Gasteiger partial charge in [-0.25, -0.2) is 15.0 Å². The van der Waals surface area contributed by atoms with E-state index in [1.54, 1.807) is 12.7 Å². The van der Waals surface area contributed by atoms with Crippen molar-refractivity contribution in [2.75, 3.05) is 16.8 Å². The first-order valence-corrected chi connectivity index (χ1v) is 17.4. The maximum Gasteiger partial charge on any atom is 0.230 e. The Morgan fingerprint density at radius 3 is 1.62 bits per heavy atom. The standard InChI is InChI=1S/C33H56N4S2/c1-9-11-13-15-17-19-21-38-29-26(32(3,4)5)23-27(37-31-35-24-34-25-36-31)30(28(29)33(6,7)8)39-22-20-18-16-14-12-10-2/h23-25H,9-22H2,1-8H3,(H,34,35,36,37). The molecule has 0 aliphatic rings. The fourth-order valence-electron chi connectivity index (χ4n) is 4.82. The zero-order chi connectivity index (χ0) is 28.7. The lowest BCUT2D eigenvalue weighted by Gasteiger charge is -2.33. The quantitative estimate of drug-likeness (QED) is 0.142. The second-order valence-electron chi connectivity index (χ2n) is 12.8. The summed E-state index contributed by atoms with van der Waals surface area (Å²) in [7, 11) is 0. The molecule has 0 radical (unpaired) electrons. The van der Waals surface area contributed by atoms with Gasteiger partial charge >= 0.3 is 0 Å². The maximum absolute atomic E-state index is 4.40. The molecule has 1 aromatic carbocycles. The highest BCUT2D eigenvalue weighted by atomic mass is 32.2. The van der Waals surface area contributed by atoms with E-state index in [0.29, 0.717) is 5.95 Å². The molecule has 0 fully saturated rings. The average Bonchev–Trinajstić information content (AvgIpc) is 2.87. The lowest BCUT2D eigenvalue weighted by molar-refractivity contribution is 0.537. The van der Waals surface area contributed by atoms with Gasteiger partial charge in [0.05, 0.1) is 5.69 Å². The first kappa shape index (κ1) is 33.9. The first-order valence-electron chi connectivity index (χ1n) is 15.5. The number of aromatic nitrogens is 3. The van der Waals surface area contributed by atoms with Crippen LogP contribution in [0.25, 0.3) is 0 Å². The summed E-state index contributed by atoms with van der Waals surface area (Å²) in [6.45, 7) is 18.8. The molecule has 0 amide bonds. The molecule has 0 aliphatic carbocycles. The van der Waals surface area contributed by atoms with Crippen LogP contribution in [0, 0.1) is 0 Å². The van der Waals surface area contributed by atoms with Crippen molar-refractivity contribution in [3.8, 4) is 0 Å². The third-order valence-electron chi connectivity index (χ3n) is 7.02. The zero-order valence-corrected chi connectivity index (χ0v) is 27.9. The van der Waals surface area contributed by atoms with Gasteiger partial charge in [-0.15, -0.1) is 23.5 Å². The van der Waals surface area contributed by atoms with Crippen molar-refractivity contribution in [2.45, 2.75) is 153 Å². The number of nitrogens with one attached hydrogen (secondary N) is 1. The van der Waals surface area contributed by atoms with Crippen LogP contribution in [0.1, 0.15) is 144 Å². The normalized spacial score (nSPS) is 12.2. The van der Waals surface area contributed by atoms with Gasteiger partial charge < -0.3 is 5.32 Å². The highest BCUT2D eigenvalue weighted by Crippen LogP contribution is 2.49. The lowest BCUT2D eigenvalue weighted by Crippen LogP contribution is -2.21. The number of hydrogen-bond acceptors (Lipinski definition) is 6. The smallest absolute Gasteiger partial charge is 0.230 e. The monoisotopic (exact) mass is 572 g/mol. The van der Waals surface area contributed by atoms with Gasteiger partial charge in [0.1, 0.15) is 12.7 Å². The van der Waals surface area contributed by atoms with Crippen molar-refractivity contribution < 1.29 is 0 Å². The van der Waals surface area contributed by atoms with Gasteiger partial charge in [0.25, 0.3) is 0 Å². The molecule has 0 atom stereocenters. The Labute approximate surface area is 249 Å². The number of nitrogens with zero attached hydrogens (tertiary/aromatic N) is 3. The van der Waals surface area contributed by atoms with Crippen molar-refractivity contribution >= 4 is 35.2 Å². The Hall–Kier alpha value is -1.27. The highest BCUT2D eigenvalue weighted by molar-refractivity contribution is 8.00. The van der Waals surface area contributed by atoms with Crippen LogP contribution in [0.2, 0.25) is 0 Å². The molecule has 2 aromatic rings. The van der Waals surface area contributed by atoms with Gasteiger partial charge in [-0.3, -0.25) is 0 Å². The summed E-state index contributed by atoms with van der Waals surface area (Å²) in [6.07, 6.45) is 19.1. The highest BCUT2D eigenvalue weighted by Gasteiger charge is 2.31. The van der Waals surface area contributed by atoms with Gasteiger partial charge in [0.15, 0.2) is 0 Å². The van der Waals surface area contributed by atoms with Gasteiger partial charge in [-0.1, -0.05) is 120 Å². The Morgan fingerprint density at radius 1 is 0.641 bits per heavy atom. The van der Waals surface area contributed by atoms with Crippen LogP contribution in [-0.4, -0.2) is 26.5 Å². The Kier molecular flexibility index (Phi) is 15.2. The fourth-order valence-corrected chi connectivity index (χ4v) is 7.88. The molecule has 0 spiro atoms. The van der Waals surface area contributed by atoms with Crippen LogP contribution in [0.3, 0.4) is 0 Å². The minimum absolute atomic E-state index is 0.0176. The van der Waals surface area contributed by atoms with Crippen molar-refractivity contribution in [3.63, 3.8) is 0 Å². The fraction of sp³-hybridized carbons (Fsp3) is 0.727. The molecule has 1 heterocycles. The summed E-state index contributed by atoms with van der Waals surface area (Å²) in [4.78, 5) is 15.7. The molecule has 39 heavy (non-hydrogen) atoms. The Balaban J connectivity index is 2.43. The van der Waals surface area contributed by atoms with E-state index in [9.17, 15) is 0 Å². The average molecular weight is 573 g/mol. The zero-order valence-electron chi connectivity index (χ0n) is 26.3. The minimum atomic E-state index is 0.0176. The largest absolute Gasteiger partial charge is 0.323 e. The molecule has 0 saturated carbocycles.